The Morgan fingerprint density at radius 3 is 2.22 bits per heavy atom. The summed E-state index contributed by atoms with van der Waals surface area (Å²) in [5, 5.41) is 7.79. The van der Waals surface area contributed by atoms with Crippen molar-refractivity contribution in [1.82, 2.24) is 24.8 Å². The highest BCUT2D eigenvalue weighted by Gasteiger charge is 2.27. The van der Waals surface area contributed by atoms with Gasteiger partial charge in [-0.05, 0) is 102 Å². The number of unbranched alkanes of at least 4 members (excludes halogenated alkanes) is 3. The normalized spacial score (nSPS) is 16.8. The fourth-order valence-electron chi connectivity index (χ4n) is 6.98. The van der Waals surface area contributed by atoms with Crippen molar-refractivity contribution in [2.75, 3.05) is 78.2 Å². The highest BCUT2D eigenvalue weighted by Crippen LogP contribution is 2.38. The number of fused-ring (bicyclic) bond motifs is 1. The van der Waals surface area contributed by atoms with Crippen molar-refractivity contribution in [2.45, 2.75) is 89.0 Å². The minimum absolute atomic E-state index is 0.548. The van der Waals surface area contributed by atoms with Crippen LogP contribution in [-0.4, -0.2) is 92.3 Å². The van der Waals surface area contributed by atoms with Crippen LogP contribution < -0.4 is 10.6 Å². The molecular formula is C37H58N6O3. The molecule has 0 atom stereocenters. The Kier molecular flexibility index (Phi) is 15.1. The van der Waals surface area contributed by atoms with E-state index in [1.165, 1.54) is 94.8 Å². The quantitative estimate of drug-likeness (QED) is 0.120. The molecule has 2 N–H and O–H groups in total. The second-order valence-corrected chi connectivity index (χ2v) is 13.0. The molecule has 2 aliphatic rings. The standard InChI is InChI=1S/C37H58N6O3/c1-38-19-12-24-45-26-28-46-27-25-44-23-11-3-2-10-20-42-21-17-31(18-22-42)35-30-43(33-15-8-5-9-16-33)36-34(35)29-39-37(41-36)40-32-13-6-4-7-14-32/h4,6-7,13-14,29-31,33,38H,2-3,5,8-12,15-28H2,1H3,(H,39,40,41). The second-order valence-electron chi connectivity index (χ2n) is 13.0. The summed E-state index contributed by atoms with van der Waals surface area (Å²) >= 11 is 0. The van der Waals surface area contributed by atoms with E-state index < -0.39 is 0 Å². The number of piperidine rings is 1. The van der Waals surface area contributed by atoms with Gasteiger partial charge in [-0.1, -0.05) is 50.3 Å². The Balaban J connectivity index is 0.994. The minimum Gasteiger partial charge on any atom is -0.379 e. The minimum atomic E-state index is 0.548. The van der Waals surface area contributed by atoms with Gasteiger partial charge in [-0.25, -0.2) is 4.98 Å². The predicted molar refractivity (Wildman–Crippen MR) is 187 cm³/mol. The molecule has 0 spiro atoms. The summed E-state index contributed by atoms with van der Waals surface area (Å²) in [7, 11) is 1.96. The van der Waals surface area contributed by atoms with Crippen LogP contribution in [0, 0.1) is 0 Å². The van der Waals surface area contributed by atoms with E-state index in [4.69, 9.17) is 24.2 Å². The number of rotatable bonds is 21. The number of para-hydroxylation sites is 1. The third-order valence-corrected chi connectivity index (χ3v) is 9.60. The zero-order valence-corrected chi connectivity index (χ0v) is 28.3. The van der Waals surface area contributed by atoms with Crippen molar-refractivity contribution in [3.63, 3.8) is 0 Å². The van der Waals surface area contributed by atoms with Gasteiger partial charge in [-0.3, -0.25) is 0 Å². The van der Waals surface area contributed by atoms with E-state index >= 15 is 0 Å². The molecule has 1 aromatic carbocycles. The lowest BCUT2D eigenvalue weighted by Gasteiger charge is -2.32. The number of nitrogens with zero attached hydrogens (tertiary/aromatic N) is 4. The Morgan fingerprint density at radius 1 is 0.783 bits per heavy atom. The molecule has 0 unspecified atom stereocenters. The van der Waals surface area contributed by atoms with Gasteiger partial charge >= 0.3 is 0 Å². The van der Waals surface area contributed by atoms with Gasteiger partial charge < -0.3 is 34.3 Å². The van der Waals surface area contributed by atoms with E-state index in [1.54, 1.807) is 0 Å². The van der Waals surface area contributed by atoms with Gasteiger partial charge in [-0.2, -0.15) is 4.98 Å². The third kappa shape index (κ3) is 11.0. The maximum absolute atomic E-state index is 5.75. The SMILES string of the molecule is CNCCCOCCOCCOCCCCCCN1CCC(c2cn(C3CCCCC3)c3nc(Nc4ccccc4)ncc23)CC1. The molecule has 254 valence electrons. The Labute approximate surface area is 276 Å². The smallest absolute Gasteiger partial charge is 0.229 e. The molecule has 9 nitrogen and oxygen atoms in total. The third-order valence-electron chi connectivity index (χ3n) is 9.60. The summed E-state index contributed by atoms with van der Waals surface area (Å²) in [6, 6.07) is 10.8. The summed E-state index contributed by atoms with van der Waals surface area (Å²) in [5.74, 6) is 1.26. The molecule has 1 saturated heterocycles. The maximum atomic E-state index is 5.75. The molecule has 1 aliphatic heterocycles. The molecule has 2 aromatic heterocycles. The van der Waals surface area contributed by atoms with Crippen molar-refractivity contribution >= 4 is 22.7 Å². The number of nitrogens with one attached hydrogen (secondary N) is 2. The van der Waals surface area contributed by atoms with Crippen molar-refractivity contribution in [3.8, 4) is 0 Å². The molecule has 2 fully saturated rings. The monoisotopic (exact) mass is 634 g/mol. The Bertz CT molecular complexity index is 1240. The van der Waals surface area contributed by atoms with Crippen molar-refractivity contribution in [2.24, 2.45) is 0 Å². The van der Waals surface area contributed by atoms with E-state index in [9.17, 15) is 0 Å². The molecule has 0 bridgehead atoms. The van der Waals surface area contributed by atoms with E-state index in [2.05, 4.69) is 44.6 Å². The molecular weight excluding hydrogens is 576 g/mol. The summed E-state index contributed by atoms with van der Waals surface area (Å²) in [6.45, 7) is 8.81. The van der Waals surface area contributed by atoms with Crippen LogP contribution in [-0.2, 0) is 14.2 Å². The van der Waals surface area contributed by atoms with Gasteiger partial charge in [0.25, 0.3) is 0 Å². The highest BCUT2D eigenvalue weighted by molar-refractivity contribution is 5.82. The first-order chi connectivity index (χ1) is 22.8. The molecule has 1 aliphatic carbocycles. The maximum Gasteiger partial charge on any atom is 0.229 e. The van der Waals surface area contributed by atoms with Crippen molar-refractivity contribution in [1.29, 1.82) is 0 Å². The van der Waals surface area contributed by atoms with Crippen LogP contribution in [0.1, 0.15) is 94.6 Å². The zero-order valence-electron chi connectivity index (χ0n) is 28.3. The van der Waals surface area contributed by atoms with Crippen LogP contribution in [0.3, 0.4) is 0 Å². The summed E-state index contributed by atoms with van der Waals surface area (Å²) in [6.07, 6.45) is 19.4. The average molecular weight is 635 g/mol. The molecule has 1 saturated carbocycles. The summed E-state index contributed by atoms with van der Waals surface area (Å²) in [5.41, 5.74) is 3.59. The van der Waals surface area contributed by atoms with Crippen LogP contribution in [0.15, 0.2) is 42.7 Å². The van der Waals surface area contributed by atoms with Gasteiger partial charge in [0.15, 0.2) is 0 Å². The number of aromatic nitrogens is 3. The van der Waals surface area contributed by atoms with Gasteiger partial charge in [0.1, 0.15) is 5.65 Å². The van der Waals surface area contributed by atoms with Crippen LogP contribution in [0.5, 0.6) is 0 Å². The lowest BCUT2D eigenvalue weighted by molar-refractivity contribution is 0.0135. The van der Waals surface area contributed by atoms with Crippen molar-refractivity contribution < 1.29 is 14.2 Å². The van der Waals surface area contributed by atoms with Gasteiger partial charge in [0, 0.05) is 42.7 Å². The highest BCUT2D eigenvalue weighted by atomic mass is 16.5. The average Bonchev–Trinajstić information content (AvgIpc) is 3.48. The van der Waals surface area contributed by atoms with Crippen molar-refractivity contribution in [3.05, 3.63) is 48.3 Å². The summed E-state index contributed by atoms with van der Waals surface area (Å²) in [4.78, 5) is 12.5. The predicted octanol–water partition coefficient (Wildman–Crippen LogP) is 7.08. The molecule has 3 heterocycles. The van der Waals surface area contributed by atoms with Crippen LogP contribution in [0.4, 0.5) is 11.6 Å². The number of hydrogen-bond donors (Lipinski definition) is 2. The number of hydrogen-bond acceptors (Lipinski definition) is 8. The summed E-state index contributed by atoms with van der Waals surface area (Å²) < 4.78 is 19.4. The van der Waals surface area contributed by atoms with Gasteiger partial charge in [-0.15, -0.1) is 0 Å². The number of likely N-dealkylation sites (tertiary alicyclic amines) is 1. The fraction of sp³-hybridized carbons (Fsp3) is 0.676. The van der Waals surface area contributed by atoms with Gasteiger partial charge in [0.2, 0.25) is 5.95 Å². The molecule has 46 heavy (non-hydrogen) atoms. The topological polar surface area (TPSA) is 85.7 Å². The van der Waals surface area contributed by atoms with Crippen LogP contribution in [0.25, 0.3) is 11.0 Å². The Morgan fingerprint density at radius 2 is 1.48 bits per heavy atom. The number of benzene rings is 1. The first kappa shape index (κ1) is 34.8. The van der Waals surface area contributed by atoms with Gasteiger partial charge in [0.05, 0.1) is 26.4 Å². The zero-order chi connectivity index (χ0) is 31.7. The lowest BCUT2D eigenvalue weighted by atomic mass is 9.89. The molecule has 5 rings (SSSR count). The fourth-order valence-corrected chi connectivity index (χ4v) is 6.98. The second kappa shape index (κ2) is 20.0. The van der Waals surface area contributed by atoms with Crippen LogP contribution >= 0.6 is 0 Å². The molecule has 0 amide bonds. The van der Waals surface area contributed by atoms with E-state index in [0.29, 0.717) is 44.3 Å². The Hall–Kier alpha value is -2.56. The number of anilines is 2. The first-order valence-electron chi connectivity index (χ1n) is 18.1. The van der Waals surface area contributed by atoms with E-state index in [1.807, 2.05) is 25.2 Å². The van der Waals surface area contributed by atoms with Crippen LogP contribution in [0.2, 0.25) is 0 Å². The largest absolute Gasteiger partial charge is 0.379 e. The van der Waals surface area contributed by atoms with E-state index in [0.717, 1.165) is 43.9 Å². The molecule has 0 radical (unpaired) electrons. The molecule has 9 heteroatoms. The first-order valence-corrected chi connectivity index (χ1v) is 18.1. The number of ether oxygens (including phenoxy) is 3. The molecule has 3 aromatic rings. The van der Waals surface area contributed by atoms with E-state index in [-0.39, 0.29) is 0 Å². The lowest BCUT2D eigenvalue weighted by Crippen LogP contribution is -2.33.